The van der Waals surface area contributed by atoms with Gasteiger partial charge in [0.05, 0.1) is 19.6 Å². The molecule has 1 radical (unpaired) electrons. The second-order valence-electron chi connectivity index (χ2n) is 2.43. The minimum Gasteiger partial charge on any atom is -0.317 e. The predicted molar refractivity (Wildman–Crippen MR) is 41.9 cm³/mol. The molecule has 9 heavy (non-hydrogen) atoms. The Labute approximate surface area is 59.3 Å². The van der Waals surface area contributed by atoms with E-state index in [-0.39, 0.29) is 0 Å². The summed E-state index contributed by atoms with van der Waals surface area (Å²) >= 11 is 0. The fourth-order valence-electron chi connectivity index (χ4n) is 1.22. The van der Waals surface area contributed by atoms with E-state index in [0.717, 1.165) is 4.48 Å². The van der Waals surface area contributed by atoms with Gasteiger partial charge in [0.2, 0.25) is 0 Å². The van der Waals surface area contributed by atoms with Gasteiger partial charge in [0.1, 0.15) is 6.54 Å². The molecule has 0 aliphatic heterocycles. The average Bonchev–Trinajstić information content (AvgIpc) is 1.95. The first-order chi connectivity index (χ1) is 4.24. The summed E-state index contributed by atoms with van der Waals surface area (Å²) in [6, 6.07) is 0. The van der Waals surface area contributed by atoms with Crippen molar-refractivity contribution in [3.63, 3.8) is 0 Å². The lowest BCUT2D eigenvalue weighted by Gasteiger charge is -2.33. The topological polar surface area (TPSA) is 0 Å². The second-order valence-corrected chi connectivity index (χ2v) is 2.43. The maximum absolute atomic E-state index is 2.29. The van der Waals surface area contributed by atoms with Gasteiger partial charge in [-0.05, 0) is 27.7 Å². The Balaban J connectivity index is 3.82. The Morgan fingerprint density at radius 3 is 1.33 bits per heavy atom. The summed E-state index contributed by atoms with van der Waals surface area (Å²) in [5.41, 5.74) is 0. The summed E-state index contributed by atoms with van der Waals surface area (Å²) in [7, 11) is 0. The van der Waals surface area contributed by atoms with Crippen LogP contribution < -0.4 is 0 Å². The van der Waals surface area contributed by atoms with Crippen molar-refractivity contribution < 1.29 is 4.48 Å². The predicted octanol–water partition coefficient (Wildman–Crippen LogP) is 2.04. The third kappa shape index (κ3) is 1.98. The summed E-state index contributed by atoms with van der Waals surface area (Å²) in [5.74, 6) is 0. The van der Waals surface area contributed by atoms with Crippen LogP contribution in [0.3, 0.4) is 0 Å². The number of rotatable bonds is 4. The molecule has 0 rings (SSSR count). The second kappa shape index (κ2) is 3.89. The molecule has 55 valence electrons. The van der Waals surface area contributed by atoms with Crippen molar-refractivity contribution in [1.29, 1.82) is 0 Å². The first kappa shape index (κ1) is 8.96. The molecule has 0 aliphatic rings. The molecular weight excluding hydrogens is 110 g/mol. The van der Waals surface area contributed by atoms with Crippen molar-refractivity contribution in [2.24, 2.45) is 0 Å². The van der Waals surface area contributed by atoms with Gasteiger partial charge in [0.25, 0.3) is 0 Å². The lowest BCUT2D eigenvalue weighted by molar-refractivity contribution is -0.894. The molecule has 0 saturated heterocycles. The zero-order valence-corrected chi connectivity index (χ0v) is 7.15. The normalized spacial score (nSPS) is 12.0. The van der Waals surface area contributed by atoms with Gasteiger partial charge in [-0.3, -0.25) is 0 Å². The van der Waals surface area contributed by atoms with Crippen LogP contribution in [-0.4, -0.2) is 24.1 Å². The van der Waals surface area contributed by atoms with Crippen LogP contribution >= 0.6 is 0 Å². The maximum atomic E-state index is 2.29. The SMILES string of the molecule is C[CH][N+](CC)(CC)CC. The summed E-state index contributed by atoms with van der Waals surface area (Å²) < 4.78 is 1.15. The highest BCUT2D eigenvalue weighted by Crippen LogP contribution is 2.07. The highest BCUT2D eigenvalue weighted by molar-refractivity contribution is 4.42. The third-order valence-corrected chi connectivity index (χ3v) is 2.44. The van der Waals surface area contributed by atoms with Gasteiger partial charge in [-0.1, -0.05) is 0 Å². The Morgan fingerprint density at radius 1 is 1.00 bits per heavy atom. The molecule has 1 nitrogen and oxygen atoms in total. The van der Waals surface area contributed by atoms with Gasteiger partial charge in [-0.15, -0.1) is 0 Å². The average molecular weight is 129 g/mol. The standard InChI is InChI=1S/C8H19N/c1-5-9(6-2,7-3)8-4/h5H,6-8H2,1-4H3/q+1. The van der Waals surface area contributed by atoms with Crippen LogP contribution in [-0.2, 0) is 0 Å². The van der Waals surface area contributed by atoms with Gasteiger partial charge in [-0.2, -0.15) is 0 Å². The number of quaternary nitrogens is 1. The monoisotopic (exact) mass is 129 g/mol. The van der Waals surface area contributed by atoms with E-state index in [9.17, 15) is 0 Å². The van der Waals surface area contributed by atoms with Crippen LogP contribution in [0.15, 0.2) is 0 Å². The largest absolute Gasteiger partial charge is 0.317 e. The fourth-order valence-corrected chi connectivity index (χ4v) is 1.22. The van der Waals surface area contributed by atoms with Crippen molar-refractivity contribution in [2.45, 2.75) is 27.7 Å². The summed E-state index contributed by atoms with van der Waals surface area (Å²) in [6.45, 7) is 14.8. The molecule has 0 amide bonds. The third-order valence-electron chi connectivity index (χ3n) is 2.44. The van der Waals surface area contributed by atoms with E-state index in [1.54, 1.807) is 0 Å². The molecule has 0 spiro atoms. The van der Waals surface area contributed by atoms with E-state index in [1.807, 2.05) is 0 Å². The quantitative estimate of drug-likeness (QED) is 0.510. The van der Waals surface area contributed by atoms with Gasteiger partial charge in [0.15, 0.2) is 0 Å². The van der Waals surface area contributed by atoms with Crippen LogP contribution in [0.5, 0.6) is 0 Å². The number of hydrogen-bond acceptors (Lipinski definition) is 0. The fraction of sp³-hybridized carbons (Fsp3) is 0.875. The minimum absolute atomic E-state index is 1.15. The van der Waals surface area contributed by atoms with Crippen LogP contribution in [0.25, 0.3) is 0 Å². The van der Waals surface area contributed by atoms with Crippen molar-refractivity contribution in [3.8, 4) is 0 Å². The maximum Gasteiger partial charge on any atom is 0.138 e. The molecular formula is C8H19N+. The van der Waals surface area contributed by atoms with Crippen molar-refractivity contribution in [2.75, 3.05) is 19.6 Å². The van der Waals surface area contributed by atoms with Crippen LogP contribution in [0.4, 0.5) is 0 Å². The summed E-state index contributed by atoms with van der Waals surface area (Å²) in [4.78, 5) is 0. The molecule has 1 heteroatoms. The first-order valence-corrected chi connectivity index (χ1v) is 3.91. The van der Waals surface area contributed by atoms with Gasteiger partial charge >= 0.3 is 0 Å². The van der Waals surface area contributed by atoms with Crippen LogP contribution in [0.1, 0.15) is 27.7 Å². The molecule has 0 aromatic heterocycles. The Hall–Kier alpha value is -0.0400. The molecule has 0 N–H and O–H groups in total. The van der Waals surface area contributed by atoms with E-state index in [0.29, 0.717) is 0 Å². The molecule has 0 fully saturated rings. The lowest BCUT2D eigenvalue weighted by Crippen LogP contribution is -2.43. The molecule has 0 heterocycles. The van der Waals surface area contributed by atoms with E-state index >= 15 is 0 Å². The van der Waals surface area contributed by atoms with Gasteiger partial charge < -0.3 is 4.48 Å². The zero-order valence-electron chi connectivity index (χ0n) is 7.15. The highest BCUT2D eigenvalue weighted by atomic mass is 15.3. The number of nitrogens with zero attached hydrogens (tertiary/aromatic N) is 1. The Kier molecular flexibility index (Phi) is 3.87. The van der Waals surface area contributed by atoms with E-state index < -0.39 is 0 Å². The minimum atomic E-state index is 1.15. The van der Waals surface area contributed by atoms with Crippen molar-refractivity contribution in [1.82, 2.24) is 0 Å². The Bertz CT molecular complexity index is 47.5. The summed E-state index contributed by atoms with van der Waals surface area (Å²) in [5, 5.41) is 0. The molecule has 0 aliphatic carbocycles. The van der Waals surface area contributed by atoms with E-state index in [1.165, 1.54) is 19.6 Å². The molecule has 0 unspecified atom stereocenters. The number of hydrogen-bond donors (Lipinski definition) is 0. The van der Waals surface area contributed by atoms with E-state index in [4.69, 9.17) is 0 Å². The molecule has 0 aromatic rings. The summed E-state index contributed by atoms with van der Waals surface area (Å²) in [6.07, 6.45) is 0. The van der Waals surface area contributed by atoms with Crippen LogP contribution in [0, 0.1) is 6.54 Å². The highest BCUT2D eigenvalue weighted by Gasteiger charge is 2.17. The zero-order chi connectivity index (χ0) is 7.33. The van der Waals surface area contributed by atoms with Gasteiger partial charge in [0, 0.05) is 0 Å². The van der Waals surface area contributed by atoms with Gasteiger partial charge in [-0.25, -0.2) is 0 Å². The lowest BCUT2D eigenvalue weighted by atomic mass is 10.3. The Morgan fingerprint density at radius 2 is 1.33 bits per heavy atom. The molecule has 0 aromatic carbocycles. The molecule has 0 atom stereocenters. The molecule has 0 saturated carbocycles. The molecule has 0 bridgehead atoms. The van der Waals surface area contributed by atoms with Crippen molar-refractivity contribution >= 4 is 0 Å². The van der Waals surface area contributed by atoms with Crippen LogP contribution in [0.2, 0.25) is 0 Å². The smallest absolute Gasteiger partial charge is 0.138 e. The van der Waals surface area contributed by atoms with Crippen molar-refractivity contribution in [3.05, 3.63) is 6.54 Å². The van der Waals surface area contributed by atoms with E-state index in [2.05, 4.69) is 34.2 Å². The first-order valence-electron chi connectivity index (χ1n) is 3.91.